The van der Waals surface area contributed by atoms with Gasteiger partial charge in [-0.05, 0) is 17.7 Å². The standard InChI is InChI=1S/C25H21N3O2/c29-23-19-9-4-5-11-20(19)25(30-23)13-15-28(16-14-25)24-26-21-12-6-10-18(22(21)27-24)17-7-2-1-3-8-17/h1-12H,13-16H2,(H,26,27). The predicted octanol–water partition coefficient (Wildman–Crippen LogP) is 4.90. The van der Waals surface area contributed by atoms with Crippen LogP contribution in [0.5, 0.6) is 0 Å². The molecule has 0 saturated carbocycles. The molecule has 0 amide bonds. The van der Waals surface area contributed by atoms with Crippen molar-refractivity contribution in [3.8, 4) is 11.1 Å². The molecular formula is C25H21N3O2. The van der Waals surface area contributed by atoms with E-state index in [9.17, 15) is 4.79 Å². The maximum Gasteiger partial charge on any atom is 0.339 e. The number of benzene rings is 3. The summed E-state index contributed by atoms with van der Waals surface area (Å²) in [5.41, 5.74) is 5.55. The van der Waals surface area contributed by atoms with Gasteiger partial charge in [0.05, 0.1) is 16.6 Å². The molecular weight excluding hydrogens is 374 g/mol. The lowest BCUT2D eigenvalue weighted by Gasteiger charge is -2.38. The van der Waals surface area contributed by atoms with Crippen LogP contribution in [0.4, 0.5) is 5.95 Å². The highest BCUT2D eigenvalue weighted by Gasteiger charge is 2.47. The first-order valence-electron chi connectivity index (χ1n) is 10.4. The second-order valence-corrected chi connectivity index (χ2v) is 8.04. The van der Waals surface area contributed by atoms with Crippen molar-refractivity contribution in [2.24, 2.45) is 0 Å². The average molecular weight is 395 g/mol. The lowest BCUT2D eigenvalue weighted by atomic mass is 9.84. The Labute approximate surface area is 174 Å². The highest BCUT2D eigenvalue weighted by molar-refractivity contribution is 5.95. The summed E-state index contributed by atoms with van der Waals surface area (Å²) in [7, 11) is 0. The van der Waals surface area contributed by atoms with Gasteiger partial charge in [-0.3, -0.25) is 0 Å². The van der Waals surface area contributed by atoms with Gasteiger partial charge < -0.3 is 14.6 Å². The third kappa shape index (κ3) is 2.55. The van der Waals surface area contributed by atoms with Crippen molar-refractivity contribution in [3.05, 3.63) is 83.9 Å². The van der Waals surface area contributed by atoms with E-state index in [0.29, 0.717) is 5.56 Å². The van der Waals surface area contributed by atoms with Gasteiger partial charge >= 0.3 is 5.97 Å². The lowest BCUT2D eigenvalue weighted by molar-refractivity contribution is -0.0211. The molecule has 1 aromatic heterocycles. The smallest absolute Gasteiger partial charge is 0.339 e. The molecule has 2 aliphatic rings. The van der Waals surface area contributed by atoms with E-state index in [1.54, 1.807) is 0 Å². The maximum atomic E-state index is 12.3. The molecule has 5 nitrogen and oxygen atoms in total. The molecule has 1 saturated heterocycles. The number of nitrogens with one attached hydrogen (secondary N) is 1. The molecule has 3 heterocycles. The van der Waals surface area contributed by atoms with Crippen LogP contribution in [0, 0.1) is 0 Å². The second kappa shape index (κ2) is 6.46. The van der Waals surface area contributed by atoms with Crippen molar-refractivity contribution >= 4 is 23.0 Å². The van der Waals surface area contributed by atoms with Crippen LogP contribution in [0.2, 0.25) is 0 Å². The Morgan fingerprint density at radius 3 is 2.43 bits per heavy atom. The summed E-state index contributed by atoms with van der Waals surface area (Å²) < 4.78 is 5.88. The van der Waals surface area contributed by atoms with Crippen molar-refractivity contribution < 1.29 is 9.53 Å². The highest BCUT2D eigenvalue weighted by Crippen LogP contribution is 2.44. The predicted molar refractivity (Wildman–Crippen MR) is 117 cm³/mol. The molecule has 6 rings (SSSR count). The van der Waals surface area contributed by atoms with Crippen molar-refractivity contribution in [3.63, 3.8) is 0 Å². The average Bonchev–Trinajstić information content (AvgIpc) is 3.35. The Hall–Kier alpha value is -3.60. The number of para-hydroxylation sites is 1. The molecule has 3 aromatic carbocycles. The first-order chi connectivity index (χ1) is 14.7. The number of hydrogen-bond donors (Lipinski definition) is 1. The molecule has 0 atom stereocenters. The number of aromatic nitrogens is 2. The topological polar surface area (TPSA) is 58.2 Å². The van der Waals surface area contributed by atoms with Crippen LogP contribution in [-0.2, 0) is 10.3 Å². The Balaban J connectivity index is 1.30. The molecule has 5 heteroatoms. The van der Waals surface area contributed by atoms with Gasteiger partial charge in [0.25, 0.3) is 0 Å². The lowest BCUT2D eigenvalue weighted by Crippen LogP contribution is -2.43. The van der Waals surface area contributed by atoms with E-state index >= 15 is 0 Å². The molecule has 30 heavy (non-hydrogen) atoms. The van der Waals surface area contributed by atoms with Gasteiger partial charge in [-0.2, -0.15) is 0 Å². The third-order valence-electron chi connectivity index (χ3n) is 6.38. The zero-order valence-corrected chi connectivity index (χ0v) is 16.5. The third-order valence-corrected chi connectivity index (χ3v) is 6.38. The van der Waals surface area contributed by atoms with Gasteiger partial charge in [-0.25, -0.2) is 9.78 Å². The van der Waals surface area contributed by atoms with Gasteiger partial charge in [-0.1, -0.05) is 60.7 Å². The molecule has 0 unspecified atom stereocenters. The Bertz CT molecular complexity index is 1250. The number of H-pyrrole nitrogens is 1. The van der Waals surface area contributed by atoms with E-state index in [-0.39, 0.29) is 5.97 Å². The molecule has 1 N–H and O–H groups in total. The minimum absolute atomic E-state index is 0.199. The number of hydrogen-bond acceptors (Lipinski definition) is 4. The zero-order chi connectivity index (χ0) is 20.1. The van der Waals surface area contributed by atoms with E-state index in [0.717, 1.165) is 59.6 Å². The molecule has 0 bridgehead atoms. The van der Waals surface area contributed by atoms with Crippen molar-refractivity contribution in [1.29, 1.82) is 0 Å². The number of nitrogens with zero attached hydrogens (tertiary/aromatic N) is 2. The summed E-state index contributed by atoms with van der Waals surface area (Å²) in [6, 6.07) is 24.4. The van der Waals surface area contributed by atoms with Crippen molar-refractivity contribution in [2.45, 2.75) is 18.4 Å². The number of rotatable bonds is 2. The maximum absolute atomic E-state index is 12.3. The molecule has 1 spiro atoms. The number of fused-ring (bicyclic) bond motifs is 3. The quantitative estimate of drug-likeness (QED) is 0.491. The summed E-state index contributed by atoms with van der Waals surface area (Å²) in [5.74, 6) is 0.677. The molecule has 148 valence electrons. The van der Waals surface area contributed by atoms with Crippen LogP contribution >= 0.6 is 0 Å². The first kappa shape index (κ1) is 17.3. The summed E-state index contributed by atoms with van der Waals surface area (Å²) in [6.07, 6.45) is 1.52. The highest BCUT2D eigenvalue weighted by atomic mass is 16.6. The minimum Gasteiger partial charge on any atom is -0.450 e. The monoisotopic (exact) mass is 395 g/mol. The molecule has 4 aromatic rings. The van der Waals surface area contributed by atoms with E-state index in [1.165, 1.54) is 0 Å². The Morgan fingerprint density at radius 1 is 0.867 bits per heavy atom. The molecule has 0 radical (unpaired) electrons. The van der Waals surface area contributed by atoms with Crippen LogP contribution in [-0.4, -0.2) is 29.0 Å². The van der Waals surface area contributed by atoms with Crippen molar-refractivity contribution in [1.82, 2.24) is 9.97 Å². The van der Waals surface area contributed by atoms with E-state index < -0.39 is 5.60 Å². The number of piperidine rings is 1. The van der Waals surface area contributed by atoms with Crippen LogP contribution in [0.3, 0.4) is 0 Å². The van der Waals surface area contributed by atoms with E-state index in [4.69, 9.17) is 9.72 Å². The van der Waals surface area contributed by atoms with Gasteiger partial charge in [-0.15, -0.1) is 0 Å². The van der Waals surface area contributed by atoms with Gasteiger partial charge in [0.2, 0.25) is 5.95 Å². The number of aromatic amines is 1. The number of carbonyl (C=O) groups is 1. The summed E-state index contributed by atoms with van der Waals surface area (Å²) in [5, 5.41) is 0. The van der Waals surface area contributed by atoms with Crippen molar-refractivity contribution in [2.75, 3.05) is 18.0 Å². The number of anilines is 1. The van der Waals surface area contributed by atoms with E-state index in [2.05, 4.69) is 40.2 Å². The zero-order valence-electron chi connectivity index (χ0n) is 16.5. The fraction of sp³-hybridized carbons (Fsp3) is 0.200. The van der Waals surface area contributed by atoms with Gasteiger partial charge in [0, 0.05) is 37.1 Å². The minimum atomic E-state index is -0.495. The number of ether oxygens (including phenoxy) is 1. The van der Waals surface area contributed by atoms with Gasteiger partial charge in [0.15, 0.2) is 0 Å². The number of esters is 1. The molecule has 2 aliphatic heterocycles. The van der Waals surface area contributed by atoms with E-state index in [1.807, 2.05) is 42.5 Å². The second-order valence-electron chi connectivity index (χ2n) is 8.04. The number of imidazole rings is 1. The number of carbonyl (C=O) groups excluding carboxylic acids is 1. The Kier molecular flexibility index (Phi) is 3.72. The SMILES string of the molecule is O=C1OC2(CCN(c3nc4c(-c5ccccc5)cccc4[nH]3)CC2)c2ccccc21. The summed E-state index contributed by atoms with van der Waals surface area (Å²) >= 11 is 0. The normalized spacial score (nSPS) is 17.3. The van der Waals surface area contributed by atoms with Crippen LogP contribution < -0.4 is 4.90 Å². The Morgan fingerprint density at radius 2 is 1.60 bits per heavy atom. The fourth-order valence-electron chi connectivity index (χ4n) is 4.82. The van der Waals surface area contributed by atoms with Crippen LogP contribution in [0.25, 0.3) is 22.2 Å². The first-order valence-corrected chi connectivity index (χ1v) is 10.4. The largest absolute Gasteiger partial charge is 0.450 e. The summed E-state index contributed by atoms with van der Waals surface area (Å²) in [6.45, 7) is 1.56. The summed E-state index contributed by atoms with van der Waals surface area (Å²) in [4.78, 5) is 23.0. The van der Waals surface area contributed by atoms with Crippen LogP contribution in [0.15, 0.2) is 72.8 Å². The van der Waals surface area contributed by atoms with Gasteiger partial charge in [0.1, 0.15) is 5.60 Å². The molecule has 0 aliphatic carbocycles. The van der Waals surface area contributed by atoms with Crippen LogP contribution in [0.1, 0.15) is 28.8 Å². The fourth-order valence-corrected chi connectivity index (χ4v) is 4.82. The molecule has 1 fully saturated rings.